The number of pyridine rings is 2. The van der Waals surface area contributed by atoms with Crippen LogP contribution in [0.15, 0.2) is 126 Å². The van der Waals surface area contributed by atoms with Crippen molar-refractivity contribution in [1.82, 2.24) is 19.9 Å². The Labute approximate surface area is 240 Å². The number of rotatable bonds is 8. The molecule has 0 amide bonds. The van der Waals surface area contributed by atoms with E-state index in [-0.39, 0.29) is 17.8 Å². The van der Waals surface area contributed by atoms with Crippen LogP contribution in [0.4, 0.5) is 11.4 Å². The van der Waals surface area contributed by atoms with Gasteiger partial charge in [-0.3, -0.25) is 20.1 Å². The van der Waals surface area contributed by atoms with Gasteiger partial charge in [-0.05, 0) is 84.5 Å². The Morgan fingerprint density at radius 1 is 0.925 bits per heavy atom. The van der Waals surface area contributed by atoms with E-state index >= 15 is 0 Å². The lowest BCUT2D eigenvalue weighted by atomic mass is 10.0. The number of thiocarbonyl (C=S) groups is 1. The van der Waals surface area contributed by atoms with E-state index in [1.807, 2.05) is 42.6 Å². The molecule has 0 bridgehead atoms. The fraction of sp³-hybridized carbons (Fsp3) is 0.100. The van der Waals surface area contributed by atoms with Crippen molar-refractivity contribution in [2.75, 3.05) is 4.90 Å². The van der Waals surface area contributed by atoms with E-state index in [0.29, 0.717) is 11.7 Å². The molecular formula is C30H24N6O2S2. The highest BCUT2D eigenvalue weighted by molar-refractivity contribution is 7.99. The molecule has 1 fully saturated rings. The van der Waals surface area contributed by atoms with E-state index in [2.05, 4.69) is 61.3 Å². The number of anilines is 1. The maximum Gasteiger partial charge on any atom is 0.269 e. The molecule has 0 spiro atoms. The molecule has 1 N–H and O–H groups in total. The third-order valence-corrected chi connectivity index (χ3v) is 8.07. The lowest BCUT2D eigenvalue weighted by molar-refractivity contribution is -0.384. The standard InChI is InChI=1S/C30H24N6O2S2/c37-36(38)23-10-14-25(15-11-23)40-24-12-8-22(9-13-24)35-29(28(33-30(35)39)26-6-1-2-17-32-26)27-7-4-18-34(27)20-21-5-3-16-31-19-21/h1-19,28-29H,20H2,(H,33,39)/t28-,29+/m1/s1. The van der Waals surface area contributed by atoms with Gasteiger partial charge in [0.2, 0.25) is 0 Å². The first-order valence-corrected chi connectivity index (χ1v) is 13.9. The second-order valence-electron chi connectivity index (χ2n) is 9.27. The molecule has 0 aliphatic carbocycles. The average Bonchev–Trinajstić information content (AvgIpc) is 3.58. The van der Waals surface area contributed by atoms with Crippen LogP contribution in [0.3, 0.4) is 0 Å². The van der Waals surface area contributed by atoms with Crippen LogP contribution in [-0.2, 0) is 6.54 Å². The smallest absolute Gasteiger partial charge is 0.269 e. The molecule has 3 aromatic heterocycles. The van der Waals surface area contributed by atoms with Crippen molar-refractivity contribution >= 4 is 40.5 Å². The molecule has 1 aliphatic rings. The average molecular weight is 565 g/mol. The summed E-state index contributed by atoms with van der Waals surface area (Å²) in [7, 11) is 0. The van der Waals surface area contributed by atoms with Gasteiger partial charge in [-0.15, -0.1) is 0 Å². The first kappa shape index (κ1) is 25.7. The summed E-state index contributed by atoms with van der Waals surface area (Å²) in [5.41, 5.74) is 4.18. The quantitative estimate of drug-likeness (QED) is 0.129. The Morgan fingerprint density at radius 2 is 1.70 bits per heavy atom. The molecule has 1 aliphatic heterocycles. The van der Waals surface area contributed by atoms with Crippen LogP contribution in [0.5, 0.6) is 0 Å². The van der Waals surface area contributed by atoms with Crippen molar-refractivity contribution in [3.8, 4) is 0 Å². The normalized spacial score (nSPS) is 16.6. The maximum atomic E-state index is 11.0. The number of non-ortho nitro benzene ring substituents is 1. The lowest BCUT2D eigenvalue weighted by Gasteiger charge is -2.29. The maximum absolute atomic E-state index is 11.0. The number of nitrogens with one attached hydrogen (secondary N) is 1. The van der Waals surface area contributed by atoms with Gasteiger partial charge in [-0.2, -0.15) is 0 Å². The number of aromatic nitrogens is 3. The Hall–Kier alpha value is -4.54. The second-order valence-corrected chi connectivity index (χ2v) is 10.8. The number of nitro groups is 1. The molecule has 10 heteroatoms. The van der Waals surface area contributed by atoms with Gasteiger partial charge >= 0.3 is 0 Å². The summed E-state index contributed by atoms with van der Waals surface area (Å²) in [6.07, 6.45) is 7.55. The van der Waals surface area contributed by atoms with Gasteiger partial charge in [0.05, 0.1) is 16.7 Å². The van der Waals surface area contributed by atoms with Gasteiger partial charge in [-0.1, -0.05) is 23.9 Å². The number of nitro benzene ring substituents is 1. The summed E-state index contributed by atoms with van der Waals surface area (Å²) in [5.74, 6) is 0. The van der Waals surface area contributed by atoms with Crippen molar-refractivity contribution in [3.63, 3.8) is 0 Å². The first-order chi connectivity index (χ1) is 19.6. The van der Waals surface area contributed by atoms with Crippen LogP contribution in [0.25, 0.3) is 0 Å². The van der Waals surface area contributed by atoms with Crippen molar-refractivity contribution < 1.29 is 4.92 Å². The Balaban J connectivity index is 1.32. The minimum absolute atomic E-state index is 0.0801. The van der Waals surface area contributed by atoms with E-state index < -0.39 is 4.92 Å². The monoisotopic (exact) mass is 564 g/mol. The number of benzene rings is 2. The molecule has 0 unspecified atom stereocenters. The summed E-state index contributed by atoms with van der Waals surface area (Å²) in [4.78, 5) is 23.6. The Bertz CT molecular complexity index is 1630. The van der Waals surface area contributed by atoms with Crippen molar-refractivity contribution in [3.05, 3.63) is 143 Å². The van der Waals surface area contributed by atoms with E-state index in [1.54, 1.807) is 36.3 Å². The largest absolute Gasteiger partial charge is 0.351 e. The molecule has 8 nitrogen and oxygen atoms in total. The van der Waals surface area contributed by atoms with Crippen LogP contribution in [0, 0.1) is 10.1 Å². The topological polar surface area (TPSA) is 89.1 Å². The molecular weight excluding hydrogens is 541 g/mol. The highest BCUT2D eigenvalue weighted by Gasteiger charge is 2.42. The Kier molecular flexibility index (Phi) is 7.26. The number of nitrogens with zero attached hydrogens (tertiary/aromatic N) is 5. The molecule has 2 aromatic carbocycles. The summed E-state index contributed by atoms with van der Waals surface area (Å²) in [5, 5.41) is 15.1. The molecule has 40 heavy (non-hydrogen) atoms. The van der Waals surface area contributed by atoms with Gasteiger partial charge in [0.15, 0.2) is 5.11 Å². The summed E-state index contributed by atoms with van der Waals surface area (Å²) >= 11 is 7.45. The zero-order valence-electron chi connectivity index (χ0n) is 21.2. The van der Waals surface area contributed by atoms with Gasteiger partial charge < -0.3 is 14.8 Å². The molecule has 6 rings (SSSR count). The molecule has 0 radical (unpaired) electrons. The first-order valence-electron chi connectivity index (χ1n) is 12.6. The SMILES string of the molecule is O=[N+]([O-])c1ccc(Sc2ccc(N3C(=S)N[C@H](c4ccccn4)[C@@H]3c3cccn3Cc3cccnc3)cc2)cc1. The summed E-state index contributed by atoms with van der Waals surface area (Å²) in [6.45, 7) is 0.688. The highest BCUT2D eigenvalue weighted by Crippen LogP contribution is 2.42. The van der Waals surface area contributed by atoms with E-state index in [1.165, 1.54) is 12.1 Å². The minimum atomic E-state index is -0.391. The van der Waals surface area contributed by atoms with Crippen molar-refractivity contribution in [2.24, 2.45) is 0 Å². The van der Waals surface area contributed by atoms with E-state index in [9.17, 15) is 10.1 Å². The lowest BCUT2D eigenvalue weighted by Crippen LogP contribution is -2.30. The van der Waals surface area contributed by atoms with Crippen LogP contribution in [0.1, 0.15) is 29.0 Å². The molecule has 1 saturated heterocycles. The molecule has 4 heterocycles. The van der Waals surface area contributed by atoms with E-state index in [4.69, 9.17) is 12.2 Å². The fourth-order valence-electron chi connectivity index (χ4n) is 4.91. The van der Waals surface area contributed by atoms with E-state index in [0.717, 1.165) is 32.4 Å². The summed E-state index contributed by atoms with van der Waals surface area (Å²) < 4.78 is 2.24. The van der Waals surface area contributed by atoms with Crippen LogP contribution < -0.4 is 10.2 Å². The predicted octanol–water partition coefficient (Wildman–Crippen LogP) is 6.56. The van der Waals surface area contributed by atoms with Crippen molar-refractivity contribution in [2.45, 2.75) is 28.4 Å². The third-order valence-electron chi connectivity index (χ3n) is 6.74. The second kappa shape index (κ2) is 11.3. The van der Waals surface area contributed by atoms with Crippen LogP contribution in [0.2, 0.25) is 0 Å². The highest BCUT2D eigenvalue weighted by atomic mass is 32.2. The van der Waals surface area contributed by atoms with Gasteiger partial charge in [0.1, 0.15) is 6.04 Å². The molecule has 0 saturated carbocycles. The van der Waals surface area contributed by atoms with Gasteiger partial charge in [-0.25, -0.2) is 0 Å². The minimum Gasteiger partial charge on any atom is -0.351 e. The van der Waals surface area contributed by atoms with Gasteiger partial charge in [0, 0.05) is 64.6 Å². The van der Waals surface area contributed by atoms with Gasteiger partial charge in [0.25, 0.3) is 5.69 Å². The third kappa shape index (κ3) is 5.31. The molecule has 5 aromatic rings. The zero-order valence-corrected chi connectivity index (χ0v) is 22.8. The summed E-state index contributed by atoms with van der Waals surface area (Å²) in [6, 6.07) is 28.6. The number of hydrogen-bond donors (Lipinski definition) is 1. The fourth-order valence-corrected chi connectivity index (χ4v) is 6.07. The zero-order chi connectivity index (χ0) is 27.5. The van der Waals surface area contributed by atoms with Crippen molar-refractivity contribution in [1.29, 1.82) is 0 Å². The molecule has 2 atom stereocenters. The molecule has 198 valence electrons. The van der Waals surface area contributed by atoms with Crippen LogP contribution in [-0.4, -0.2) is 24.6 Å². The predicted molar refractivity (Wildman–Crippen MR) is 159 cm³/mol. The number of hydrogen-bond acceptors (Lipinski definition) is 6. The van der Waals surface area contributed by atoms with Crippen LogP contribution >= 0.6 is 24.0 Å². The Morgan fingerprint density at radius 3 is 2.38 bits per heavy atom.